The Morgan fingerprint density at radius 2 is 1.69 bits per heavy atom. The van der Waals surface area contributed by atoms with Crippen molar-refractivity contribution >= 4 is 5.78 Å². The Morgan fingerprint density at radius 3 is 1.88 bits per heavy atom. The zero-order chi connectivity index (χ0) is 12.1. The summed E-state index contributed by atoms with van der Waals surface area (Å²) in [6, 6.07) is 6.15. The minimum Gasteiger partial charge on any atom is -0.504 e. The van der Waals surface area contributed by atoms with Crippen molar-refractivity contribution < 1.29 is 19.7 Å². The van der Waals surface area contributed by atoms with Gasteiger partial charge in [0.1, 0.15) is 5.76 Å². The molecule has 4 nitrogen and oxygen atoms in total. The van der Waals surface area contributed by atoms with Gasteiger partial charge in [-0.05, 0) is 19.1 Å². The predicted octanol–water partition coefficient (Wildman–Crippen LogP) is 2.10. The van der Waals surface area contributed by atoms with Crippen molar-refractivity contribution in [2.75, 3.05) is 0 Å². The zero-order valence-electron chi connectivity index (χ0n) is 8.80. The maximum atomic E-state index is 10.5. The van der Waals surface area contributed by atoms with E-state index in [4.69, 9.17) is 14.9 Å². The molecule has 1 heterocycles. The lowest BCUT2D eigenvalue weighted by molar-refractivity contribution is -0.112. The van der Waals surface area contributed by atoms with Crippen LogP contribution in [0.1, 0.15) is 6.92 Å². The predicted molar refractivity (Wildman–Crippen MR) is 58.8 cm³/mol. The number of phenolic OH excluding ortho intramolecular Hbond substituents is 2. The van der Waals surface area contributed by atoms with E-state index in [-0.39, 0.29) is 23.0 Å². The molecule has 1 aliphatic rings. The first-order valence-corrected chi connectivity index (χ1v) is 4.57. The Morgan fingerprint density at radius 1 is 1.19 bits per heavy atom. The van der Waals surface area contributed by atoms with Crippen molar-refractivity contribution in [2.24, 2.45) is 0 Å². The van der Waals surface area contributed by atoms with Gasteiger partial charge in [0, 0.05) is 6.08 Å². The van der Waals surface area contributed by atoms with Gasteiger partial charge in [0.2, 0.25) is 5.78 Å². The molecule has 0 saturated heterocycles. The summed E-state index contributed by atoms with van der Waals surface area (Å²) in [4.78, 5) is 10.5. The third-order valence-electron chi connectivity index (χ3n) is 1.78. The first kappa shape index (κ1) is 11.8. The van der Waals surface area contributed by atoms with Crippen molar-refractivity contribution in [3.63, 3.8) is 0 Å². The second-order valence-corrected chi connectivity index (χ2v) is 3.13. The van der Waals surface area contributed by atoms with Crippen LogP contribution in [0, 0.1) is 0 Å². The molecule has 0 atom stereocenters. The van der Waals surface area contributed by atoms with Crippen LogP contribution in [0.2, 0.25) is 0 Å². The Bertz CT molecular complexity index is 425. The van der Waals surface area contributed by atoms with Crippen LogP contribution >= 0.6 is 0 Å². The molecular formula is C12H12O4. The van der Waals surface area contributed by atoms with Crippen molar-refractivity contribution in [1.29, 1.82) is 0 Å². The number of hydrogen-bond acceptors (Lipinski definition) is 4. The van der Waals surface area contributed by atoms with Gasteiger partial charge in [-0.25, -0.2) is 0 Å². The van der Waals surface area contributed by atoms with Crippen LogP contribution in [-0.2, 0) is 9.53 Å². The Hall–Kier alpha value is -2.23. The smallest absolute Gasteiger partial charge is 0.223 e. The highest BCUT2D eigenvalue weighted by molar-refractivity contribution is 6.04. The molecular weight excluding hydrogens is 208 g/mol. The van der Waals surface area contributed by atoms with Gasteiger partial charge < -0.3 is 14.9 Å². The molecule has 4 heteroatoms. The summed E-state index contributed by atoms with van der Waals surface area (Å²) in [6.07, 6.45) is 1.42. The van der Waals surface area contributed by atoms with E-state index in [0.29, 0.717) is 5.76 Å². The number of rotatable bonds is 0. The fraction of sp³-hybridized carbons (Fsp3) is 0.0833. The molecule has 0 unspecified atom stereocenters. The maximum Gasteiger partial charge on any atom is 0.223 e. The molecule has 0 aliphatic carbocycles. The quantitative estimate of drug-likeness (QED) is 0.519. The molecule has 84 valence electrons. The minimum atomic E-state index is -0.123. The van der Waals surface area contributed by atoms with Crippen LogP contribution in [0.25, 0.3) is 0 Å². The third kappa shape index (κ3) is 3.16. The van der Waals surface area contributed by atoms with E-state index < -0.39 is 0 Å². The lowest BCUT2D eigenvalue weighted by Crippen LogP contribution is -1.88. The standard InChI is InChI=1S/2C6H6O2/c1-4-3-6(7)5(2)8-4;7-5-3-1-2-4-6(5)8/h3H,2H2,1H3;1-4,7-8H. The summed E-state index contributed by atoms with van der Waals surface area (Å²) in [5.74, 6) is 0.574. The van der Waals surface area contributed by atoms with Gasteiger partial charge in [0.05, 0.1) is 0 Å². The molecule has 2 rings (SSSR count). The molecule has 0 fully saturated rings. The van der Waals surface area contributed by atoms with E-state index in [1.165, 1.54) is 18.2 Å². The molecule has 0 radical (unpaired) electrons. The van der Waals surface area contributed by atoms with Crippen molar-refractivity contribution in [2.45, 2.75) is 6.92 Å². The topological polar surface area (TPSA) is 66.8 Å². The summed E-state index contributed by atoms with van der Waals surface area (Å²) in [5, 5.41) is 17.3. The number of carbonyl (C=O) groups is 1. The highest BCUT2D eigenvalue weighted by Gasteiger charge is 2.13. The number of benzene rings is 1. The van der Waals surface area contributed by atoms with E-state index in [0.717, 1.165) is 0 Å². The second kappa shape index (κ2) is 5.02. The molecule has 0 saturated carbocycles. The molecule has 2 N–H and O–H groups in total. The normalized spacial score (nSPS) is 13.7. The summed E-state index contributed by atoms with van der Waals surface area (Å²) < 4.78 is 4.79. The number of aromatic hydroxyl groups is 2. The summed E-state index contributed by atoms with van der Waals surface area (Å²) >= 11 is 0. The molecule has 1 aromatic carbocycles. The molecule has 16 heavy (non-hydrogen) atoms. The van der Waals surface area contributed by atoms with Crippen molar-refractivity contribution in [3.8, 4) is 11.5 Å². The van der Waals surface area contributed by atoms with Crippen LogP contribution in [0.3, 0.4) is 0 Å². The number of para-hydroxylation sites is 2. The fourth-order valence-corrected chi connectivity index (χ4v) is 1.00. The van der Waals surface area contributed by atoms with E-state index in [9.17, 15) is 4.79 Å². The van der Waals surface area contributed by atoms with Gasteiger partial charge in [-0.15, -0.1) is 0 Å². The number of carbonyl (C=O) groups excluding carboxylic acids is 1. The van der Waals surface area contributed by atoms with Crippen LogP contribution in [0.4, 0.5) is 0 Å². The molecule has 1 aliphatic heterocycles. The summed E-state index contributed by atoms with van der Waals surface area (Å²) in [6.45, 7) is 5.08. The fourth-order valence-electron chi connectivity index (χ4n) is 1.00. The van der Waals surface area contributed by atoms with Crippen LogP contribution in [0.5, 0.6) is 11.5 Å². The van der Waals surface area contributed by atoms with Crippen molar-refractivity contribution in [3.05, 3.63) is 48.4 Å². The lowest BCUT2D eigenvalue weighted by Gasteiger charge is -1.92. The first-order valence-electron chi connectivity index (χ1n) is 4.57. The SMILES string of the molecule is C=C1OC(C)=CC1=O.Oc1ccccc1O. The number of ketones is 1. The summed E-state index contributed by atoms with van der Waals surface area (Å²) in [5.41, 5.74) is 0. The van der Waals surface area contributed by atoms with E-state index >= 15 is 0 Å². The van der Waals surface area contributed by atoms with Gasteiger partial charge in [0.15, 0.2) is 17.3 Å². The second-order valence-electron chi connectivity index (χ2n) is 3.13. The Labute approximate surface area is 93.1 Å². The minimum absolute atomic E-state index is 0.0764. The van der Waals surface area contributed by atoms with Gasteiger partial charge in [-0.2, -0.15) is 0 Å². The van der Waals surface area contributed by atoms with E-state index in [1.807, 2.05) is 0 Å². The van der Waals surface area contributed by atoms with Gasteiger partial charge in [-0.3, -0.25) is 4.79 Å². The number of hydrogen-bond donors (Lipinski definition) is 2. The average molecular weight is 220 g/mol. The Kier molecular flexibility index (Phi) is 3.72. The number of ether oxygens (including phenoxy) is 1. The lowest BCUT2D eigenvalue weighted by atomic mass is 10.3. The largest absolute Gasteiger partial charge is 0.504 e. The number of allylic oxidation sites excluding steroid dienone is 2. The Balaban J connectivity index is 0.000000160. The summed E-state index contributed by atoms with van der Waals surface area (Å²) in [7, 11) is 0. The molecule has 0 amide bonds. The van der Waals surface area contributed by atoms with Gasteiger partial charge >= 0.3 is 0 Å². The third-order valence-corrected chi connectivity index (χ3v) is 1.78. The van der Waals surface area contributed by atoms with Crippen molar-refractivity contribution in [1.82, 2.24) is 0 Å². The number of phenols is 2. The maximum absolute atomic E-state index is 10.5. The highest BCUT2D eigenvalue weighted by atomic mass is 16.5. The van der Waals surface area contributed by atoms with Crippen LogP contribution in [0.15, 0.2) is 48.4 Å². The highest BCUT2D eigenvalue weighted by Crippen LogP contribution is 2.21. The monoisotopic (exact) mass is 220 g/mol. The molecule has 0 spiro atoms. The zero-order valence-corrected chi connectivity index (χ0v) is 8.80. The van der Waals surface area contributed by atoms with Gasteiger partial charge in [-0.1, -0.05) is 18.7 Å². The molecule has 0 aromatic heterocycles. The van der Waals surface area contributed by atoms with Crippen LogP contribution in [-0.4, -0.2) is 16.0 Å². The first-order chi connectivity index (χ1) is 7.50. The molecule has 0 bridgehead atoms. The molecule has 1 aromatic rings. The van der Waals surface area contributed by atoms with E-state index in [2.05, 4.69) is 6.58 Å². The van der Waals surface area contributed by atoms with Crippen LogP contribution < -0.4 is 0 Å². The average Bonchev–Trinajstić information content (AvgIpc) is 2.50. The van der Waals surface area contributed by atoms with E-state index in [1.54, 1.807) is 19.1 Å². The van der Waals surface area contributed by atoms with Gasteiger partial charge in [0.25, 0.3) is 0 Å².